The standard InChI is InChI=1S/C34H30O4/c35-33(25-13-5-9-19-7-1-3-11-23(19)25)37-31-27-18-28(30-22-16-15-21(17-22)29(27)30)32(31)38-34(36)26-14-6-10-20-8-2-4-12-24(20)26/h1-14,21-22,27-32H,15-18H2. The number of fused-ring (bicyclic) bond motifs is 11. The minimum atomic E-state index is -0.397. The van der Waals surface area contributed by atoms with Crippen molar-refractivity contribution in [3.63, 3.8) is 0 Å². The van der Waals surface area contributed by atoms with Crippen LogP contribution in [0.25, 0.3) is 21.5 Å². The van der Waals surface area contributed by atoms with Crippen molar-refractivity contribution in [2.24, 2.45) is 35.5 Å². The lowest BCUT2D eigenvalue weighted by Gasteiger charge is -2.42. The van der Waals surface area contributed by atoms with E-state index >= 15 is 0 Å². The van der Waals surface area contributed by atoms with Crippen LogP contribution in [0.1, 0.15) is 46.4 Å². The molecule has 4 aliphatic rings. The van der Waals surface area contributed by atoms with E-state index in [2.05, 4.69) is 0 Å². The second-order valence-corrected chi connectivity index (χ2v) is 11.8. The summed E-state index contributed by atoms with van der Waals surface area (Å²) in [5.74, 6) is 2.56. The van der Waals surface area contributed by atoms with Gasteiger partial charge < -0.3 is 9.47 Å². The molecule has 4 nitrogen and oxygen atoms in total. The van der Waals surface area contributed by atoms with E-state index in [0.717, 1.165) is 39.8 Å². The molecule has 4 saturated carbocycles. The van der Waals surface area contributed by atoms with Crippen molar-refractivity contribution < 1.29 is 19.1 Å². The minimum absolute atomic E-state index is 0.268. The highest BCUT2D eigenvalue weighted by Gasteiger charge is 2.68. The van der Waals surface area contributed by atoms with E-state index in [-0.39, 0.29) is 23.8 Å². The third-order valence-corrected chi connectivity index (χ3v) is 10.3. The monoisotopic (exact) mass is 502 g/mol. The quantitative estimate of drug-likeness (QED) is 0.222. The average Bonchev–Trinajstić information content (AvgIpc) is 3.73. The highest BCUT2D eigenvalue weighted by Crippen LogP contribution is 2.68. The van der Waals surface area contributed by atoms with Gasteiger partial charge in [0.15, 0.2) is 0 Å². The molecule has 4 heteroatoms. The highest BCUT2D eigenvalue weighted by molar-refractivity contribution is 6.05. The van der Waals surface area contributed by atoms with Crippen molar-refractivity contribution in [3.05, 3.63) is 96.1 Å². The van der Waals surface area contributed by atoms with E-state index in [0.29, 0.717) is 23.0 Å². The molecule has 0 aliphatic heterocycles. The first kappa shape index (κ1) is 22.3. The molecule has 4 aromatic carbocycles. The molecule has 0 spiro atoms. The third kappa shape index (κ3) is 3.22. The van der Waals surface area contributed by atoms with Crippen LogP contribution in [0.3, 0.4) is 0 Å². The number of carbonyl (C=O) groups excluding carboxylic acids is 2. The Hall–Kier alpha value is -3.66. The first-order valence-electron chi connectivity index (χ1n) is 14.0. The molecule has 4 fully saturated rings. The molecule has 4 bridgehead atoms. The SMILES string of the molecule is O=C(OC1C2CC(C1OC(=O)c1cccc3ccccc13)C1C3CCC(C3)C21)c1cccc2ccccc12. The second-order valence-electron chi connectivity index (χ2n) is 11.8. The molecule has 8 unspecified atom stereocenters. The summed E-state index contributed by atoms with van der Waals surface area (Å²) in [4.78, 5) is 27.3. The van der Waals surface area contributed by atoms with Gasteiger partial charge in [-0.25, -0.2) is 9.59 Å². The van der Waals surface area contributed by atoms with Crippen LogP contribution >= 0.6 is 0 Å². The van der Waals surface area contributed by atoms with Crippen LogP contribution in [0.2, 0.25) is 0 Å². The van der Waals surface area contributed by atoms with Gasteiger partial charge in [0.25, 0.3) is 0 Å². The van der Waals surface area contributed by atoms with Gasteiger partial charge in [0, 0.05) is 11.8 Å². The Labute approximate surface area is 221 Å². The van der Waals surface area contributed by atoms with E-state index in [1.54, 1.807) is 0 Å². The molecule has 4 aromatic rings. The predicted octanol–water partition coefficient (Wildman–Crippen LogP) is 7.06. The van der Waals surface area contributed by atoms with Crippen molar-refractivity contribution >= 4 is 33.5 Å². The fourth-order valence-corrected chi connectivity index (χ4v) is 8.96. The number of benzene rings is 4. The number of ether oxygens (including phenoxy) is 2. The number of carbonyl (C=O) groups is 2. The van der Waals surface area contributed by atoms with Gasteiger partial charge in [0.05, 0.1) is 11.1 Å². The van der Waals surface area contributed by atoms with Gasteiger partial charge in [0.2, 0.25) is 0 Å². The number of hydrogen-bond acceptors (Lipinski definition) is 4. The summed E-state index contributed by atoms with van der Waals surface area (Å²) in [5, 5.41) is 3.82. The van der Waals surface area contributed by atoms with Crippen LogP contribution in [0.5, 0.6) is 0 Å². The molecule has 38 heavy (non-hydrogen) atoms. The summed E-state index contributed by atoms with van der Waals surface area (Å²) in [6, 6.07) is 27.3. The van der Waals surface area contributed by atoms with Gasteiger partial charge >= 0.3 is 11.9 Å². The summed E-state index contributed by atoms with van der Waals surface area (Å²) in [6.07, 6.45) is 4.07. The van der Waals surface area contributed by atoms with E-state index in [9.17, 15) is 9.59 Å². The number of hydrogen-bond donors (Lipinski definition) is 0. The number of esters is 2. The maximum absolute atomic E-state index is 13.7. The minimum Gasteiger partial charge on any atom is -0.454 e. The van der Waals surface area contributed by atoms with Crippen LogP contribution in [0, 0.1) is 35.5 Å². The molecule has 8 atom stereocenters. The van der Waals surface area contributed by atoms with Crippen molar-refractivity contribution in [2.75, 3.05) is 0 Å². The first-order valence-corrected chi connectivity index (χ1v) is 14.0. The first-order chi connectivity index (χ1) is 18.7. The maximum atomic E-state index is 13.7. The molecular weight excluding hydrogens is 472 g/mol. The van der Waals surface area contributed by atoms with Crippen LogP contribution in [-0.2, 0) is 9.47 Å². The van der Waals surface area contributed by atoms with Gasteiger partial charge in [-0.2, -0.15) is 0 Å². The molecule has 8 rings (SSSR count). The lowest BCUT2D eigenvalue weighted by Crippen LogP contribution is -2.48. The predicted molar refractivity (Wildman–Crippen MR) is 146 cm³/mol. The molecule has 4 aliphatic carbocycles. The van der Waals surface area contributed by atoms with Gasteiger partial charge in [-0.05, 0) is 83.0 Å². The molecule has 0 heterocycles. The Morgan fingerprint density at radius 3 is 1.50 bits per heavy atom. The summed E-state index contributed by atoms with van der Waals surface area (Å²) in [5.41, 5.74) is 1.16. The Balaban J connectivity index is 1.14. The van der Waals surface area contributed by atoms with Gasteiger partial charge in [-0.1, -0.05) is 72.8 Å². The van der Waals surface area contributed by atoms with Crippen molar-refractivity contribution in [3.8, 4) is 0 Å². The fraction of sp³-hybridized carbons (Fsp3) is 0.353. The van der Waals surface area contributed by atoms with Crippen molar-refractivity contribution in [2.45, 2.75) is 37.9 Å². The maximum Gasteiger partial charge on any atom is 0.339 e. The lowest BCUT2D eigenvalue weighted by atomic mass is 9.69. The Morgan fingerprint density at radius 1 is 0.553 bits per heavy atom. The summed E-state index contributed by atoms with van der Waals surface area (Å²) < 4.78 is 12.8. The Morgan fingerprint density at radius 2 is 1.00 bits per heavy atom. The topological polar surface area (TPSA) is 52.6 Å². The van der Waals surface area contributed by atoms with Crippen molar-refractivity contribution in [1.29, 1.82) is 0 Å². The number of rotatable bonds is 4. The van der Waals surface area contributed by atoms with Crippen molar-refractivity contribution in [1.82, 2.24) is 0 Å². The largest absolute Gasteiger partial charge is 0.454 e. The third-order valence-electron chi connectivity index (χ3n) is 10.3. The molecule has 0 amide bonds. The van der Waals surface area contributed by atoms with E-state index < -0.39 is 12.2 Å². The van der Waals surface area contributed by atoms with Crippen LogP contribution < -0.4 is 0 Å². The molecule has 0 radical (unpaired) electrons. The van der Waals surface area contributed by atoms with E-state index in [1.165, 1.54) is 19.3 Å². The molecule has 0 N–H and O–H groups in total. The van der Waals surface area contributed by atoms with E-state index in [4.69, 9.17) is 9.47 Å². The zero-order chi connectivity index (χ0) is 25.4. The summed E-state index contributed by atoms with van der Waals surface area (Å²) in [7, 11) is 0. The Bertz CT molecular complexity index is 1460. The normalized spacial score (nSPS) is 32.5. The van der Waals surface area contributed by atoms with Gasteiger partial charge in [0.1, 0.15) is 12.2 Å². The smallest absolute Gasteiger partial charge is 0.339 e. The molecular formula is C34H30O4. The molecule has 190 valence electrons. The highest BCUT2D eigenvalue weighted by atomic mass is 16.6. The zero-order valence-corrected chi connectivity index (χ0v) is 21.2. The average molecular weight is 503 g/mol. The lowest BCUT2D eigenvalue weighted by molar-refractivity contribution is -0.0889. The van der Waals surface area contributed by atoms with E-state index in [1.807, 2.05) is 84.9 Å². The van der Waals surface area contributed by atoms with Crippen LogP contribution in [0.15, 0.2) is 84.9 Å². The molecule has 0 aromatic heterocycles. The van der Waals surface area contributed by atoms with Crippen LogP contribution in [0.4, 0.5) is 0 Å². The summed E-state index contributed by atoms with van der Waals surface area (Å²) >= 11 is 0. The van der Waals surface area contributed by atoms with Crippen LogP contribution in [-0.4, -0.2) is 24.1 Å². The Kier molecular flexibility index (Phi) is 4.95. The van der Waals surface area contributed by atoms with Gasteiger partial charge in [-0.3, -0.25) is 0 Å². The zero-order valence-electron chi connectivity index (χ0n) is 21.2. The summed E-state index contributed by atoms with van der Waals surface area (Å²) in [6.45, 7) is 0. The molecule has 0 saturated heterocycles. The van der Waals surface area contributed by atoms with Gasteiger partial charge in [-0.15, -0.1) is 0 Å². The fourth-order valence-electron chi connectivity index (χ4n) is 8.96. The second kappa shape index (κ2) is 8.42.